The maximum atomic E-state index is 13.4. The first-order valence-electron chi connectivity index (χ1n) is 5.86. The number of piperazine rings is 1. The van der Waals surface area contributed by atoms with E-state index in [9.17, 15) is 9.18 Å². The standard InChI is InChI=1S/C13H17FN2O/c1-15-6-8-16(9-7-15)13(17)10-11-4-2-3-5-12(11)14/h2-5H,6-10H2,1H3. The number of carbonyl (C=O) groups is 1. The van der Waals surface area contributed by atoms with Gasteiger partial charge in [-0.2, -0.15) is 0 Å². The number of hydrogen-bond acceptors (Lipinski definition) is 2. The van der Waals surface area contributed by atoms with Crippen molar-refractivity contribution in [3.05, 3.63) is 35.6 Å². The molecule has 0 saturated carbocycles. The normalized spacial score (nSPS) is 17.2. The van der Waals surface area contributed by atoms with Gasteiger partial charge in [-0.1, -0.05) is 18.2 Å². The molecule has 1 aromatic rings. The zero-order valence-corrected chi connectivity index (χ0v) is 10.0. The van der Waals surface area contributed by atoms with E-state index < -0.39 is 0 Å². The molecule has 1 heterocycles. The number of amides is 1. The fourth-order valence-corrected chi connectivity index (χ4v) is 1.97. The summed E-state index contributed by atoms with van der Waals surface area (Å²) in [6, 6.07) is 6.46. The molecule has 0 radical (unpaired) electrons. The molecule has 4 heteroatoms. The molecule has 1 aromatic carbocycles. The zero-order chi connectivity index (χ0) is 12.3. The van der Waals surface area contributed by atoms with Crippen molar-refractivity contribution in [2.45, 2.75) is 6.42 Å². The Morgan fingerprint density at radius 1 is 1.24 bits per heavy atom. The van der Waals surface area contributed by atoms with Gasteiger partial charge in [-0.05, 0) is 18.7 Å². The zero-order valence-electron chi connectivity index (χ0n) is 10.0. The van der Waals surface area contributed by atoms with Gasteiger partial charge in [-0.3, -0.25) is 4.79 Å². The third-order valence-corrected chi connectivity index (χ3v) is 3.16. The number of halogens is 1. The second-order valence-electron chi connectivity index (χ2n) is 4.45. The SMILES string of the molecule is CN1CCN(C(=O)Cc2ccccc2F)CC1. The molecule has 0 aliphatic carbocycles. The molecule has 0 atom stereocenters. The molecule has 0 unspecified atom stereocenters. The Morgan fingerprint density at radius 2 is 1.88 bits per heavy atom. The lowest BCUT2D eigenvalue weighted by atomic mass is 10.1. The van der Waals surface area contributed by atoms with Crippen LogP contribution in [0.2, 0.25) is 0 Å². The maximum absolute atomic E-state index is 13.4. The number of nitrogens with zero attached hydrogens (tertiary/aromatic N) is 2. The molecule has 0 bridgehead atoms. The van der Waals surface area contributed by atoms with Gasteiger partial charge >= 0.3 is 0 Å². The molecule has 1 saturated heterocycles. The minimum Gasteiger partial charge on any atom is -0.340 e. The molecule has 0 N–H and O–H groups in total. The number of rotatable bonds is 2. The lowest BCUT2D eigenvalue weighted by Crippen LogP contribution is -2.47. The molecule has 17 heavy (non-hydrogen) atoms. The first-order valence-corrected chi connectivity index (χ1v) is 5.86. The van der Waals surface area contributed by atoms with Crippen LogP contribution in [0.1, 0.15) is 5.56 Å². The predicted octanol–water partition coefficient (Wildman–Crippen LogP) is 1.14. The summed E-state index contributed by atoms with van der Waals surface area (Å²) in [5, 5.41) is 0. The van der Waals surface area contributed by atoms with E-state index in [0.29, 0.717) is 5.56 Å². The average molecular weight is 236 g/mol. The van der Waals surface area contributed by atoms with Gasteiger partial charge in [0.15, 0.2) is 0 Å². The van der Waals surface area contributed by atoms with Crippen LogP contribution in [0.15, 0.2) is 24.3 Å². The van der Waals surface area contributed by atoms with Crippen molar-refractivity contribution in [2.75, 3.05) is 33.2 Å². The van der Waals surface area contributed by atoms with Gasteiger partial charge < -0.3 is 9.80 Å². The van der Waals surface area contributed by atoms with Crippen LogP contribution in [-0.2, 0) is 11.2 Å². The van der Waals surface area contributed by atoms with Gasteiger partial charge in [-0.15, -0.1) is 0 Å². The summed E-state index contributed by atoms with van der Waals surface area (Å²) < 4.78 is 13.4. The van der Waals surface area contributed by atoms with E-state index in [-0.39, 0.29) is 18.1 Å². The Balaban J connectivity index is 1.95. The maximum Gasteiger partial charge on any atom is 0.227 e. The Labute approximate surface area is 101 Å². The van der Waals surface area contributed by atoms with E-state index >= 15 is 0 Å². The number of hydrogen-bond donors (Lipinski definition) is 0. The summed E-state index contributed by atoms with van der Waals surface area (Å²) in [5.41, 5.74) is 0.483. The minimum absolute atomic E-state index is 0.0169. The highest BCUT2D eigenvalue weighted by Gasteiger charge is 2.19. The summed E-state index contributed by atoms with van der Waals surface area (Å²) in [4.78, 5) is 16.0. The lowest BCUT2D eigenvalue weighted by Gasteiger charge is -2.32. The van der Waals surface area contributed by atoms with E-state index in [0.717, 1.165) is 26.2 Å². The van der Waals surface area contributed by atoms with Gasteiger partial charge in [0.1, 0.15) is 5.82 Å². The molecular formula is C13H17FN2O. The summed E-state index contributed by atoms with van der Waals surface area (Å²) in [5.74, 6) is -0.279. The molecule has 0 spiro atoms. The largest absolute Gasteiger partial charge is 0.340 e. The van der Waals surface area contributed by atoms with Crippen LogP contribution in [0.25, 0.3) is 0 Å². The number of carbonyl (C=O) groups excluding carboxylic acids is 1. The summed E-state index contributed by atoms with van der Waals surface area (Å²) in [6.07, 6.45) is 0.163. The minimum atomic E-state index is -0.296. The number of benzene rings is 1. The van der Waals surface area contributed by atoms with E-state index in [4.69, 9.17) is 0 Å². The van der Waals surface area contributed by atoms with Gasteiger partial charge in [0.2, 0.25) is 5.91 Å². The van der Waals surface area contributed by atoms with E-state index in [1.165, 1.54) is 6.07 Å². The summed E-state index contributed by atoms with van der Waals surface area (Å²) in [6.45, 7) is 3.26. The highest BCUT2D eigenvalue weighted by atomic mass is 19.1. The lowest BCUT2D eigenvalue weighted by molar-refractivity contribution is -0.132. The van der Waals surface area contributed by atoms with Crippen LogP contribution in [0.4, 0.5) is 4.39 Å². The Bertz CT molecular complexity index is 400. The summed E-state index contributed by atoms with van der Waals surface area (Å²) >= 11 is 0. The molecular weight excluding hydrogens is 219 g/mol. The molecule has 1 aliphatic heterocycles. The van der Waals surface area contributed by atoms with Gasteiger partial charge in [0.25, 0.3) is 0 Å². The van der Waals surface area contributed by atoms with Crippen molar-refractivity contribution in [3.63, 3.8) is 0 Å². The van der Waals surface area contributed by atoms with E-state index in [1.54, 1.807) is 18.2 Å². The van der Waals surface area contributed by atoms with Crippen molar-refractivity contribution in [2.24, 2.45) is 0 Å². The smallest absolute Gasteiger partial charge is 0.227 e. The molecule has 92 valence electrons. The summed E-state index contributed by atoms with van der Waals surface area (Å²) in [7, 11) is 2.04. The Kier molecular flexibility index (Phi) is 3.74. The van der Waals surface area contributed by atoms with Crippen LogP contribution in [-0.4, -0.2) is 48.9 Å². The number of likely N-dealkylation sites (N-methyl/N-ethyl adjacent to an activating group) is 1. The van der Waals surface area contributed by atoms with E-state index in [2.05, 4.69) is 4.90 Å². The first kappa shape index (κ1) is 12.0. The quantitative estimate of drug-likeness (QED) is 0.769. The Hall–Kier alpha value is -1.42. The predicted molar refractivity (Wildman–Crippen MR) is 64.2 cm³/mol. The topological polar surface area (TPSA) is 23.6 Å². The second-order valence-corrected chi connectivity index (χ2v) is 4.45. The Morgan fingerprint density at radius 3 is 2.53 bits per heavy atom. The van der Waals surface area contributed by atoms with Crippen LogP contribution in [0.3, 0.4) is 0 Å². The third-order valence-electron chi connectivity index (χ3n) is 3.16. The highest BCUT2D eigenvalue weighted by Crippen LogP contribution is 2.10. The fraction of sp³-hybridized carbons (Fsp3) is 0.462. The van der Waals surface area contributed by atoms with E-state index in [1.807, 2.05) is 11.9 Å². The monoisotopic (exact) mass is 236 g/mol. The van der Waals surface area contributed by atoms with Crippen LogP contribution < -0.4 is 0 Å². The molecule has 1 amide bonds. The van der Waals surface area contributed by atoms with Gasteiger partial charge in [-0.25, -0.2) is 4.39 Å². The second kappa shape index (κ2) is 5.27. The third kappa shape index (κ3) is 3.03. The van der Waals surface area contributed by atoms with Crippen LogP contribution in [0.5, 0.6) is 0 Å². The molecule has 3 nitrogen and oxygen atoms in total. The average Bonchev–Trinajstić information content (AvgIpc) is 2.33. The van der Waals surface area contributed by atoms with Crippen LogP contribution >= 0.6 is 0 Å². The molecule has 2 rings (SSSR count). The molecule has 0 aromatic heterocycles. The van der Waals surface area contributed by atoms with Crippen molar-refractivity contribution < 1.29 is 9.18 Å². The van der Waals surface area contributed by atoms with Crippen molar-refractivity contribution >= 4 is 5.91 Å². The van der Waals surface area contributed by atoms with Crippen molar-refractivity contribution in [1.29, 1.82) is 0 Å². The van der Waals surface area contributed by atoms with Gasteiger partial charge in [0, 0.05) is 26.2 Å². The molecule has 1 aliphatic rings. The van der Waals surface area contributed by atoms with Gasteiger partial charge in [0.05, 0.1) is 6.42 Å². The highest BCUT2D eigenvalue weighted by molar-refractivity contribution is 5.78. The van der Waals surface area contributed by atoms with Crippen molar-refractivity contribution in [3.8, 4) is 0 Å². The fourth-order valence-electron chi connectivity index (χ4n) is 1.97. The van der Waals surface area contributed by atoms with Crippen molar-refractivity contribution in [1.82, 2.24) is 9.80 Å². The van der Waals surface area contributed by atoms with Crippen LogP contribution in [0, 0.1) is 5.82 Å². The molecule has 1 fully saturated rings. The first-order chi connectivity index (χ1) is 8.16.